The molecule has 0 saturated carbocycles. The van der Waals surface area contributed by atoms with Crippen molar-refractivity contribution in [2.24, 2.45) is 0 Å². The van der Waals surface area contributed by atoms with Crippen LogP contribution in [0.4, 0.5) is 4.39 Å². The van der Waals surface area contributed by atoms with Crippen LogP contribution in [-0.4, -0.2) is 0 Å². The molecule has 25 heavy (non-hydrogen) atoms. The van der Waals surface area contributed by atoms with Gasteiger partial charge in [-0.05, 0) is 81.0 Å². The van der Waals surface area contributed by atoms with E-state index >= 15 is 0 Å². The van der Waals surface area contributed by atoms with E-state index in [0.717, 1.165) is 18.4 Å². The molecule has 2 aliphatic carbocycles. The van der Waals surface area contributed by atoms with Gasteiger partial charge in [0, 0.05) is 0 Å². The average molecular weight is 326 g/mol. The largest absolute Gasteiger partial charge is 0.207 e. The highest BCUT2D eigenvalue weighted by Crippen LogP contribution is 2.25. The van der Waals surface area contributed by atoms with Crippen molar-refractivity contribution in [2.75, 3.05) is 0 Å². The number of benzene rings is 3. The summed E-state index contributed by atoms with van der Waals surface area (Å²) in [5.41, 5.74) is 5.41. The van der Waals surface area contributed by atoms with Gasteiger partial charge in [0.15, 0.2) is 0 Å². The van der Waals surface area contributed by atoms with Gasteiger partial charge in [-0.25, -0.2) is 4.39 Å². The number of rotatable bonds is 1. The lowest BCUT2D eigenvalue weighted by Gasteiger charge is -2.20. The van der Waals surface area contributed by atoms with Crippen molar-refractivity contribution in [1.82, 2.24) is 0 Å². The minimum atomic E-state index is -0.180. The van der Waals surface area contributed by atoms with Crippen molar-refractivity contribution >= 4 is 11.6 Å². The highest BCUT2D eigenvalue weighted by Gasteiger charge is 2.16. The lowest BCUT2D eigenvalue weighted by atomic mass is 9.84. The Hall–Kier alpha value is -2.67. The van der Waals surface area contributed by atoms with Gasteiger partial charge in [-0.1, -0.05) is 54.6 Å². The van der Waals surface area contributed by atoms with Gasteiger partial charge in [0.1, 0.15) is 5.82 Å². The summed E-state index contributed by atoms with van der Waals surface area (Å²) >= 11 is 0. The molecule has 0 heterocycles. The molecule has 0 saturated heterocycles. The van der Waals surface area contributed by atoms with Gasteiger partial charge >= 0.3 is 0 Å². The third-order valence-corrected chi connectivity index (χ3v) is 5.55. The smallest absolute Gasteiger partial charge is 0.123 e. The van der Waals surface area contributed by atoms with E-state index in [2.05, 4.69) is 42.5 Å². The molecule has 0 amide bonds. The molecule has 122 valence electrons. The molecule has 0 spiro atoms. The maximum absolute atomic E-state index is 13.4. The summed E-state index contributed by atoms with van der Waals surface area (Å²) < 4.78 is 13.4. The van der Waals surface area contributed by atoms with Crippen LogP contribution in [-0.2, 0) is 12.8 Å². The monoisotopic (exact) mass is 326 g/mol. The predicted molar refractivity (Wildman–Crippen MR) is 99.8 cm³/mol. The maximum atomic E-state index is 13.4. The first-order valence-electron chi connectivity index (χ1n) is 9.01. The summed E-state index contributed by atoms with van der Waals surface area (Å²) in [5.74, 6) is -0.180. The zero-order chi connectivity index (χ0) is 16.8. The first-order valence-corrected chi connectivity index (χ1v) is 9.01. The number of fused-ring (bicyclic) bond motifs is 4. The van der Waals surface area contributed by atoms with Crippen LogP contribution in [0.5, 0.6) is 0 Å². The topological polar surface area (TPSA) is 0 Å². The van der Waals surface area contributed by atoms with Crippen molar-refractivity contribution in [3.05, 3.63) is 104 Å². The van der Waals surface area contributed by atoms with Crippen LogP contribution < -0.4 is 10.4 Å². The van der Waals surface area contributed by atoms with Gasteiger partial charge < -0.3 is 0 Å². The Bertz CT molecular complexity index is 1180. The Labute approximate surface area is 146 Å². The fraction of sp³-hybridized carbons (Fsp3) is 0.167. The van der Waals surface area contributed by atoms with Gasteiger partial charge in [0.2, 0.25) is 0 Å². The minimum absolute atomic E-state index is 0.180. The fourth-order valence-electron chi connectivity index (χ4n) is 4.35. The summed E-state index contributed by atoms with van der Waals surface area (Å²) in [6.07, 6.45) is 6.87. The third kappa shape index (κ3) is 2.34. The summed E-state index contributed by atoms with van der Waals surface area (Å²) in [5, 5.41) is 5.36. The standard InChI is InChI=1S/C24H19F/c25-18-12-9-17(10-13-18)23-15-24-19-6-2-1-5-16(19)11-14-22(24)20-7-3-4-8-21(20)23/h3-5,7-14H,1-2,6,15H2. The molecule has 0 aromatic heterocycles. The molecule has 0 N–H and O–H groups in total. The van der Waals surface area contributed by atoms with Gasteiger partial charge in [-0.3, -0.25) is 0 Å². The Kier molecular flexibility index (Phi) is 3.34. The molecular weight excluding hydrogens is 307 g/mol. The van der Waals surface area contributed by atoms with E-state index in [0.29, 0.717) is 0 Å². The second-order valence-electron chi connectivity index (χ2n) is 6.96. The molecule has 0 nitrogen and oxygen atoms in total. The summed E-state index contributed by atoms with van der Waals surface area (Å²) in [7, 11) is 0. The van der Waals surface area contributed by atoms with Crippen molar-refractivity contribution < 1.29 is 4.39 Å². The highest BCUT2D eigenvalue weighted by molar-refractivity contribution is 5.70. The van der Waals surface area contributed by atoms with Crippen molar-refractivity contribution in [3.8, 4) is 0 Å². The lowest BCUT2D eigenvalue weighted by molar-refractivity contribution is 0.627. The van der Waals surface area contributed by atoms with Crippen molar-refractivity contribution in [2.45, 2.75) is 25.7 Å². The van der Waals surface area contributed by atoms with E-state index in [4.69, 9.17) is 0 Å². The number of hydrogen-bond donors (Lipinski definition) is 0. The van der Waals surface area contributed by atoms with Gasteiger partial charge in [-0.2, -0.15) is 0 Å². The van der Waals surface area contributed by atoms with Gasteiger partial charge in [-0.15, -0.1) is 0 Å². The molecule has 3 aromatic rings. The first kappa shape index (κ1) is 14.7. The molecule has 3 aromatic carbocycles. The van der Waals surface area contributed by atoms with Gasteiger partial charge in [0.05, 0.1) is 0 Å². The molecule has 0 fully saturated rings. The van der Waals surface area contributed by atoms with Crippen LogP contribution in [0.25, 0.3) is 11.6 Å². The minimum Gasteiger partial charge on any atom is -0.207 e. The number of hydrogen-bond acceptors (Lipinski definition) is 0. The van der Waals surface area contributed by atoms with Crippen LogP contribution >= 0.6 is 0 Å². The molecular formula is C24H19F. The molecule has 5 rings (SSSR count). The summed E-state index contributed by atoms with van der Waals surface area (Å²) in [4.78, 5) is 0. The Morgan fingerprint density at radius 3 is 2.36 bits per heavy atom. The number of halogens is 1. The van der Waals surface area contributed by atoms with E-state index in [1.807, 2.05) is 12.1 Å². The maximum Gasteiger partial charge on any atom is 0.123 e. The van der Waals surface area contributed by atoms with Crippen LogP contribution in [0.15, 0.2) is 60.7 Å². The molecule has 1 heteroatoms. The van der Waals surface area contributed by atoms with E-state index in [1.54, 1.807) is 12.1 Å². The third-order valence-electron chi connectivity index (χ3n) is 5.55. The Balaban J connectivity index is 1.91. The van der Waals surface area contributed by atoms with Gasteiger partial charge in [0.25, 0.3) is 0 Å². The molecule has 0 aliphatic heterocycles. The van der Waals surface area contributed by atoms with Crippen molar-refractivity contribution in [3.63, 3.8) is 0 Å². The SMILES string of the molecule is Fc1ccc(C2=c3ccccc3=c3ccc4c(c3C2)CCCC=4)cc1. The summed E-state index contributed by atoms with van der Waals surface area (Å²) in [6, 6.07) is 20.1. The average Bonchev–Trinajstić information content (AvgIpc) is 2.68. The zero-order valence-corrected chi connectivity index (χ0v) is 14.1. The fourth-order valence-corrected chi connectivity index (χ4v) is 4.35. The zero-order valence-electron chi connectivity index (χ0n) is 14.1. The second-order valence-corrected chi connectivity index (χ2v) is 6.96. The lowest BCUT2D eigenvalue weighted by Crippen LogP contribution is -2.22. The first-order chi connectivity index (χ1) is 12.3. The van der Waals surface area contributed by atoms with Crippen LogP contribution in [0, 0.1) is 16.3 Å². The Morgan fingerprint density at radius 1 is 0.720 bits per heavy atom. The van der Waals surface area contributed by atoms with E-state index in [-0.39, 0.29) is 5.82 Å². The van der Waals surface area contributed by atoms with Crippen LogP contribution in [0.1, 0.15) is 29.5 Å². The van der Waals surface area contributed by atoms with E-state index in [1.165, 1.54) is 50.4 Å². The normalized spacial score (nSPS) is 15.0. The molecule has 0 bridgehead atoms. The second kappa shape index (κ2) is 5.70. The van der Waals surface area contributed by atoms with Crippen LogP contribution in [0.3, 0.4) is 0 Å². The molecule has 2 aliphatic rings. The van der Waals surface area contributed by atoms with Crippen molar-refractivity contribution in [1.29, 1.82) is 0 Å². The quantitative estimate of drug-likeness (QED) is 0.634. The molecule has 0 unspecified atom stereocenters. The van der Waals surface area contributed by atoms with E-state index < -0.39 is 0 Å². The van der Waals surface area contributed by atoms with Crippen LogP contribution in [0.2, 0.25) is 0 Å². The highest BCUT2D eigenvalue weighted by atomic mass is 19.1. The summed E-state index contributed by atoms with van der Waals surface area (Å²) in [6.45, 7) is 0. The van der Waals surface area contributed by atoms with E-state index in [9.17, 15) is 4.39 Å². The molecule has 0 atom stereocenters. The Morgan fingerprint density at radius 2 is 1.52 bits per heavy atom. The molecule has 0 radical (unpaired) electrons. The predicted octanol–water partition coefficient (Wildman–Crippen LogP) is 3.98.